The summed E-state index contributed by atoms with van der Waals surface area (Å²) in [5.74, 6) is 0.276. The molecular weight excluding hydrogens is 234 g/mol. The van der Waals surface area contributed by atoms with E-state index >= 15 is 0 Å². The van der Waals surface area contributed by atoms with Crippen molar-refractivity contribution >= 4 is 0 Å². The van der Waals surface area contributed by atoms with Gasteiger partial charge in [-0.05, 0) is 54.9 Å². The molecule has 1 aliphatic carbocycles. The van der Waals surface area contributed by atoms with E-state index in [9.17, 15) is 5.11 Å². The summed E-state index contributed by atoms with van der Waals surface area (Å²) >= 11 is 0. The Hall–Kier alpha value is -1.67. The molecule has 0 spiro atoms. The molecule has 0 saturated carbocycles. The molecule has 98 valence electrons. The molecule has 1 aromatic heterocycles. The topological polar surface area (TPSA) is 33.1 Å². The minimum Gasteiger partial charge on any atom is -0.388 e. The number of hydrogen-bond acceptors (Lipinski definition) is 2. The van der Waals surface area contributed by atoms with Crippen molar-refractivity contribution in [1.82, 2.24) is 4.98 Å². The SMILES string of the molecule is OC1c2ccccc2CCCC1Cc1ccccn1. The largest absolute Gasteiger partial charge is 0.388 e. The zero-order valence-electron chi connectivity index (χ0n) is 11.0. The zero-order valence-corrected chi connectivity index (χ0v) is 11.0. The smallest absolute Gasteiger partial charge is 0.0824 e. The molecular formula is C17H19NO. The van der Waals surface area contributed by atoms with Crippen molar-refractivity contribution in [3.63, 3.8) is 0 Å². The lowest BCUT2D eigenvalue weighted by Gasteiger charge is -2.21. The number of nitrogens with zero attached hydrogens (tertiary/aromatic N) is 1. The number of aliphatic hydroxyl groups is 1. The number of aromatic nitrogens is 1. The Morgan fingerprint density at radius 3 is 2.79 bits per heavy atom. The Kier molecular flexibility index (Phi) is 3.60. The quantitative estimate of drug-likeness (QED) is 0.833. The lowest BCUT2D eigenvalue weighted by molar-refractivity contribution is 0.104. The van der Waals surface area contributed by atoms with E-state index in [1.165, 1.54) is 5.56 Å². The number of aryl methyl sites for hydroxylation is 1. The van der Waals surface area contributed by atoms with E-state index in [0.717, 1.165) is 36.9 Å². The van der Waals surface area contributed by atoms with Crippen LogP contribution in [0.2, 0.25) is 0 Å². The summed E-state index contributed by atoms with van der Waals surface area (Å²) in [6.07, 6.45) is 5.60. The van der Waals surface area contributed by atoms with Gasteiger partial charge in [-0.3, -0.25) is 4.98 Å². The van der Waals surface area contributed by atoms with Crippen LogP contribution < -0.4 is 0 Å². The van der Waals surface area contributed by atoms with E-state index in [0.29, 0.717) is 0 Å². The molecule has 1 N–H and O–H groups in total. The summed E-state index contributed by atoms with van der Waals surface area (Å²) in [5, 5.41) is 10.6. The maximum atomic E-state index is 10.6. The Labute approximate surface area is 114 Å². The van der Waals surface area contributed by atoms with Crippen LogP contribution in [0.25, 0.3) is 0 Å². The highest BCUT2D eigenvalue weighted by atomic mass is 16.3. The van der Waals surface area contributed by atoms with Crippen molar-refractivity contribution in [2.45, 2.75) is 31.8 Å². The maximum Gasteiger partial charge on any atom is 0.0824 e. The van der Waals surface area contributed by atoms with Gasteiger partial charge in [-0.1, -0.05) is 30.3 Å². The lowest BCUT2D eigenvalue weighted by Crippen LogP contribution is -2.15. The fraction of sp³-hybridized carbons (Fsp3) is 0.353. The maximum absolute atomic E-state index is 10.6. The molecule has 2 nitrogen and oxygen atoms in total. The van der Waals surface area contributed by atoms with Gasteiger partial charge in [0.2, 0.25) is 0 Å². The number of aliphatic hydroxyl groups excluding tert-OH is 1. The number of rotatable bonds is 2. The van der Waals surface area contributed by atoms with Crippen molar-refractivity contribution in [1.29, 1.82) is 0 Å². The average Bonchev–Trinajstić information content (AvgIpc) is 2.61. The molecule has 2 unspecified atom stereocenters. The molecule has 0 bridgehead atoms. The first-order valence-electron chi connectivity index (χ1n) is 7.00. The van der Waals surface area contributed by atoms with Gasteiger partial charge in [-0.15, -0.1) is 0 Å². The Morgan fingerprint density at radius 1 is 1.11 bits per heavy atom. The van der Waals surface area contributed by atoms with Crippen molar-refractivity contribution in [2.24, 2.45) is 5.92 Å². The lowest BCUT2D eigenvalue weighted by atomic mass is 9.89. The van der Waals surface area contributed by atoms with Crippen molar-refractivity contribution < 1.29 is 5.11 Å². The normalized spacial score (nSPS) is 22.6. The molecule has 19 heavy (non-hydrogen) atoms. The first kappa shape index (κ1) is 12.4. The summed E-state index contributed by atoms with van der Waals surface area (Å²) in [6, 6.07) is 14.3. The molecule has 0 radical (unpaired) electrons. The summed E-state index contributed by atoms with van der Waals surface area (Å²) < 4.78 is 0. The number of pyridine rings is 1. The predicted octanol–water partition coefficient (Wildman–Crippen LogP) is 3.31. The molecule has 1 aromatic carbocycles. The van der Waals surface area contributed by atoms with Crippen LogP contribution in [0.15, 0.2) is 48.7 Å². The highest BCUT2D eigenvalue weighted by Gasteiger charge is 2.26. The van der Waals surface area contributed by atoms with E-state index in [4.69, 9.17) is 0 Å². The highest BCUT2D eigenvalue weighted by molar-refractivity contribution is 5.31. The van der Waals surface area contributed by atoms with Crippen LogP contribution in [-0.2, 0) is 12.8 Å². The minimum atomic E-state index is -0.360. The van der Waals surface area contributed by atoms with Gasteiger partial charge in [0.15, 0.2) is 0 Å². The minimum absolute atomic E-state index is 0.276. The fourth-order valence-corrected chi connectivity index (χ4v) is 3.02. The second-order valence-corrected chi connectivity index (χ2v) is 5.32. The van der Waals surface area contributed by atoms with Crippen LogP contribution in [0, 0.1) is 5.92 Å². The molecule has 2 atom stereocenters. The van der Waals surface area contributed by atoms with Gasteiger partial charge in [-0.25, -0.2) is 0 Å². The van der Waals surface area contributed by atoms with E-state index in [2.05, 4.69) is 23.2 Å². The Balaban J connectivity index is 1.84. The molecule has 0 aliphatic heterocycles. The van der Waals surface area contributed by atoms with E-state index in [1.807, 2.05) is 30.5 Å². The third kappa shape index (κ3) is 2.69. The molecule has 3 rings (SSSR count). The van der Waals surface area contributed by atoms with Gasteiger partial charge in [0.25, 0.3) is 0 Å². The van der Waals surface area contributed by atoms with E-state index < -0.39 is 0 Å². The molecule has 1 heterocycles. The van der Waals surface area contributed by atoms with Crippen LogP contribution in [0.1, 0.15) is 35.8 Å². The van der Waals surface area contributed by atoms with Gasteiger partial charge in [-0.2, -0.15) is 0 Å². The van der Waals surface area contributed by atoms with Crippen LogP contribution >= 0.6 is 0 Å². The summed E-state index contributed by atoms with van der Waals surface area (Å²) in [4.78, 5) is 4.38. The molecule has 2 heteroatoms. The van der Waals surface area contributed by atoms with E-state index in [1.54, 1.807) is 0 Å². The fourth-order valence-electron chi connectivity index (χ4n) is 3.02. The van der Waals surface area contributed by atoms with Crippen molar-refractivity contribution in [2.75, 3.05) is 0 Å². The Bertz CT molecular complexity index is 538. The van der Waals surface area contributed by atoms with Gasteiger partial charge in [0, 0.05) is 11.9 Å². The van der Waals surface area contributed by atoms with Gasteiger partial charge in [0.05, 0.1) is 6.10 Å². The highest BCUT2D eigenvalue weighted by Crippen LogP contribution is 2.34. The average molecular weight is 253 g/mol. The second kappa shape index (κ2) is 5.54. The summed E-state index contributed by atoms with van der Waals surface area (Å²) in [5.41, 5.74) is 3.49. The van der Waals surface area contributed by atoms with Crippen LogP contribution in [0.5, 0.6) is 0 Å². The van der Waals surface area contributed by atoms with E-state index in [-0.39, 0.29) is 12.0 Å². The van der Waals surface area contributed by atoms with Gasteiger partial charge >= 0.3 is 0 Å². The first-order chi connectivity index (χ1) is 9.34. The summed E-state index contributed by atoms with van der Waals surface area (Å²) in [6.45, 7) is 0. The monoisotopic (exact) mass is 253 g/mol. The number of hydrogen-bond donors (Lipinski definition) is 1. The molecule has 0 fully saturated rings. The Morgan fingerprint density at radius 2 is 1.95 bits per heavy atom. The molecule has 2 aromatic rings. The van der Waals surface area contributed by atoms with Crippen LogP contribution in [0.4, 0.5) is 0 Å². The number of benzene rings is 1. The third-order valence-corrected chi connectivity index (χ3v) is 4.04. The van der Waals surface area contributed by atoms with Crippen molar-refractivity contribution in [3.8, 4) is 0 Å². The summed E-state index contributed by atoms with van der Waals surface area (Å²) in [7, 11) is 0. The van der Waals surface area contributed by atoms with Crippen molar-refractivity contribution in [3.05, 3.63) is 65.5 Å². The third-order valence-electron chi connectivity index (χ3n) is 4.04. The molecule has 0 saturated heterocycles. The standard InChI is InChI=1S/C17H19NO/c19-17-14(12-15-9-3-4-11-18-15)8-5-7-13-6-1-2-10-16(13)17/h1-4,6,9-11,14,17,19H,5,7-8,12H2. The first-order valence-corrected chi connectivity index (χ1v) is 7.00. The number of fused-ring (bicyclic) bond motifs is 1. The second-order valence-electron chi connectivity index (χ2n) is 5.32. The predicted molar refractivity (Wildman–Crippen MR) is 75.8 cm³/mol. The van der Waals surface area contributed by atoms with Crippen LogP contribution in [-0.4, -0.2) is 10.1 Å². The molecule has 0 amide bonds. The zero-order chi connectivity index (χ0) is 13.1. The van der Waals surface area contributed by atoms with Gasteiger partial charge < -0.3 is 5.11 Å². The van der Waals surface area contributed by atoms with Crippen LogP contribution in [0.3, 0.4) is 0 Å². The van der Waals surface area contributed by atoms with Gasteiger partial charge in [0.1, 0.15) is 0 Å². The molecule has 1 aliphatic rings.